The van der Waals surface area contributed by atoms with Gasteiger partial charge in [-0.05, 0) is 0 Å². The second kappa shape index (κ2) is 4.40. The number of hydrogen-bond acceptors (Lipinski definition) is 5. The molecule has 0 N–H and O–H groups in total. The summed E-state index contributed by atoms with van der Waals surface area (Å²) < 4.78 is 3.65. The van der Waals surface area contributed by atoms with Crippen LogP contribution in [-0.4, -0.2) is 28.2 Å². The van der Waals surface area contributed by atoms with Crippen LogP contribution in [-0.2, 0) is 0 Å². The van der Waals surface area contributed by atoms with Crippen LogP contribution < -0.4 is 0 Å². The van der Waals surface area contributed by atoms with E-state index in [0.717, 1.165) is 14.8 Å². The average molecular weight is 342 g/mol. The number of rotatable bonds is 2. The molecule has 18 heavy (non-hydrogen) atoms. The van der Waals surface area contributed by atoms with Gasteiger partial charge in [-0.25, -0.2) is 0 Å². The normalized spacial score (nSPS) is 10.9. The Hall–Kier alpha value is -1.34. The minimum atomic E-state index is -0.401. The van der Waals surface area contributed by atoms with E-state index >= 15 is 0 Å². The molecule has 0 amide bonds. The van der Waals surface area contributed by atoms with Gasteiger partial charge < -0.3 is 0 Å². The van der Waals surface area contributed by atoms with Crippen molar-refractivity contribution < 1.29 is 4.92 Å². The number of aromatic nitrogens is 2. The van der Waals surface area contributed by atoms with Gasteiger partial charge in [0.25, 0.3) is 0 Å². The van der Waals surface area contributed by atoms with Crippen molar-refractivity contribution in [3.63, 3.8) is 0 Å². The number of nitro benzene ring substituents is 1. The van der Waals surface area contributed by atoms with Crippen LogP contribution in [0.3, 0.4) is 0 Å². The van der Waals surface area contributed by atoms with E-state index in [9.17, 15) is 10.1 Å². The Morgan fingerprint density at radius 1 is 1.50 bits per heavy atom. The summed E-state index contributed by atoms with van der Waals surface area (Å²) in [6, 6.07) is 4.86. The number of fused-ring (bicyclic) bond motifs is 1. The number of hydrogen-bond donors (Lipinski definition) is 0. The molecule has 5 nitrogen and oxygen atoms in total. The van der Waals surface area contributed by atoms with E-state index in [1.165, 1.54) is 17.4 Å². The quantitative estimate of drug-likeness (QED) is 0.311. The Morgan fingerprint density at radius 3 is 3.00 bits per heavy atom. The molecule has 0 saturated heterocycles. The predicted molar refractivity (Wildman–Crippen MR) is 73.4 cm³/mol. The number of nitrogens with zero attached hydrogens (tertiary/aromatic N) is 3. The van der Waals surface area contributed by atoms with Gasteiger partial charge in [-0.1, -0.05) is 0 Å². The number of thiazole rings is 1. The van der Waals surface area contributed by atoms with E-state index in [4.69, 9.17) is 12.2 Å². The fourth-order valence-corrected chi connectivity index (χ4v) is 5.10. The van der Waals surface area contributed by atoms with Gasteiger partial charge in [0.05, 0.1) is 0 Å². The number of non-ortho nitro benzene ring substituents is 1. The van der Waals surface area contributed by atoms with Crippen LogP contribution in [0.25, 0.3) is 14.8 Å². The summed E-state index contributed by atoms with van der Waals surface area (Å²) in [6.45, 7) is 0. The maximum atomic E-state index is 10.8. The Bertz CT molecular complexity index is 791. The zero-order chi connectivity index (χ0) is 12.7. The second-order valence-corrected chi connectivity index (χ2v) is 6.77. The minimum absolute atomic E-state index is 0.0133. The van der Waals surface area contributed by atoms with Gasteiger partial charge >= 0.3 is 117 Å². The third-order valence-corrected chi connectivity index (χ3v) is 6.34. The van der Waals surface area contributed by atoms with Crippen LogP contribution >= 0.6 is 23.6 Å². The monoisotopic (exact) mass is 343 g/mol. The summed E-state index contributed by atoms with van der Waals surface area (Å²) in [6.07, 6.45) is 1.73. The summed E-state index contributed by atoms with van der Waals surface area (Å²) in [4.78, 5) is 14.6. The average Bonchev–Trinajstić information content (AvgIpc) is 2.97. The van der Waals surface area contributed by atoms with Crippen LogP contribution in [0, 0.1) is 14.8 Å². The van der Waals surface area contributed by atoms with Crippen molar-refractivity contribution >= 4 is 53.6 Å². The summed E-state index contributed by atoms with van der Waals surface area (Å²) in [7, 11) is 0. The molecule has 8 heteroatoms. The first-order valence-electron chi connectivity index (χ1n) is 4.87. The third-order valence-electron chi connectivity index (χ3n) is 2.37. The SMILES string of the molecule is O=[N+]([O-])c1ccc2[se]n(-c3nccs3)c(=S)c2c1. The molecule has 0 aliphatic rings. The van der Waals surface area contributed by atoms with E-state index in [0.29, 0.717) is 4.64 Å². The standard InChI is InChI=1S/C10H5N3O2S2Se/c14-13(15)6-1-2-8-7(5-6)9(16)12(18-8)10-11-3-4-17-10/h1-5H. The molecule has 0 bridgehead atoms. The van der Waals surface area contributed by atoms with Gasteiger partial charge in [0.2, 0.25) is 0 Å². The fourth-order valence-electron chi connectivity index (χ4n) is 1.57. The summed E-state index contributed by atoms with van der Waals surface area (Å²) in [5.74, 6) is 0. The fraction of sp³-hybridized carbons (Fsp3) is 0. The van der Waals surface area contributed by atoms with Crippen molar-refractivity contribution in [2.24, 2.45) is 0 Å². The first-order chi connectivity index (χ1) is 8.66. The Balaban J connectivity index is 2.29. The van der Waals surface area contributed by atoms with Crippen molar-refractivity contribution in [1.29, 1.82) is 0 Å². The third kappa shape index (κ3) is 1.83. The molecule has 0 radical (unpaired) electrons. The molecular formula is C10H5N3O2S2Se. The van der Waals surface area contributed by atoms with Gasteiger partial charge in [-0.2, -0.15) is 0 Å². The van der Waals surface area contributed by atoms with Crippen molar-refractivity contribution in [3.05, 3.63) is 44.5 Å². The van der Waals surface area contributed by atoms with Crippen molar-refractivity contribution in [2.45, 2.75) is 0 Å². The molecule has 2 heterocycles. The molecule has 0 unspecified atom stereocenters. The number of nitro groups is 1. The predicted octanol–water partition coefficient (Wildman–Crippen LogP) is 2.78. The van der Waals surface area contributed by atoms with E-state index in [1.54, 1.807) is 18.3 Å². The van der Waals surface area contributed by atoms with Crippen LogP contribution in [0.5, 0.6) is 0 Å². The molecule has 90 valence electrons. The second-order valence-electron chi connectivity index (χ2n) is 3.44. The van der Waals surface area contributed by atoms with E-state index in [1.807, 2.05) is 8.94 Å². The summed E-state index contributed by atoms with van der Waals surface area (Å²) >= 11 is 6.90. The summed E-state index contributed by atoms with van der Waals surface area (Å²) in [5.41, 5.74) is 0.0767. The molecule has 0 fully saturated rings. The topological polar surface area (TPSA) is 61.0 Å². The summed E-state index contributed by atoms with van der Waals surface area (Å²) in [5, 5.41) is 14.3. The molecule has 0 aliphatic carbocycles. The van der Waals surface area contributed by atoms with Gasteiger partial charge in [0.1, 0.15) is 0 Å². The number of benzene rings is 1. The Labute approximate surface area is 116 Å². The van der Waals surface area contributed by atoms with Crippen LogP contribution in [0.2, 0.25) is 0 Å². The Kier molecular flexibility index (Phi) is 2.87. The maximum absolute atomic E-state index is 10.8. The molecule has 3 aromatic rings. The molecule has 1 aromatic carbocycles. The molecule has 0 aliphatic heterocycles. The molecule has 2 aromatic heterocycles. The molecular weight excluding hydrogens is 337 g/mol. The van der Waals surface area contributed by atoms with Crippen LogP contribution in [0.4, 0.5) is 5.69 Å². The van der Waals surface area contributed by atoms with Crippen LogP contribution in [0.1, 0.15) is 0 Å². The molecule has 3 rings (SSSR count). The van der Waals surface area contributed by atoms with Gasteiger partial charge in [0, 0.05) is 0 Å². The molecule has 0 spiro atoms. The first-order valence-corrected chi connectivity index (χ1v) is 7.78. The Morgan fingerprint density at radius 2 is 2.33 bits per heavy atom. The van der Waals surface area contributed by atoms with Crippen molar-refractivity contribution in [1.82, 2.24) is 8.55 Å². The van der Waals surface area contributed by atoms with Crippen LogP contribution in [0.15, 0.2) is 29.8 Å². The zero-order valence-corrected chi connectivity index (χ0v) is 12.1. The first kappa shape index (κ1) is 11.7. The van der Waals surface area contributed by atoms with Crippen molar-refractivity contribution in [3.8, 4) is 5.13 Å². The molecule has 0 atom stereocenters. The van der Waals surface area contributed by atoms with E-state index in [2.05, 4.69) is 4.98 Å². The zero-order valence-electron chi connectivity index (χ0n) is 8.77. The van der Waals surface area contributed by atoms with Gasteiger partial charge in [-0.15, -0.1) is 0 Å². The van der Waals surface area contributed by atoms with Crippen molar-refractivity contribution in [2.75, 3.05) is 0 Å². The van der Waals surface area contributed by atoms with Gasteiger partial charge in [0.15, 0.2) is 0 Å². The molecule has 0 saturated carbocycles. The van der Waals surface area contributed by atoms with E-state index < -0.39 is 4.92 Å². The van der Waals surface area contributed by atoms with E-state index in [-0.39, 0.29) is 20.4 Å². The van der Waals surface area contributed by atoms with Gasteiger partial charge in [-0.3, -0.25) is 0 Å².